The highest BCUT2D eigenvalue weighted by molar-refractivity contribution is 5.73. The average molecular weight is 237 g/mol. The Morgan fingerprint density at radius 2 is 1.94 bits per heavy atom. The zero-order chi connectivity index (χ0) is 12.7. The quantitative estimate of drug-likeness (QED) is 0.752. The van der Waals surface area contributed by atoms with Crippen LogP contribution >= 0.6 is 0 Å². The first-order valence-electron chi connectivity index (χ1n) is 5.24. The van der Waals surface area contributed by atoms with Crippen molar-refractivity contribution >= 4 is 12.0 Å². The summed E-state index contributed by atoms with van der Waals surface area (Å²) in [5.74, 6) is -0.944. The van der Waals surface area contributed by atoms with Crippen LogP contribution in [0.25, 0.3) is 0 Å². The molecule has 1 aromatic heterocycles. The Bertz CT molecular complexity index is 381. The zero-order valence-electron chi connectivity index (χ0n) is 9.37. The minimum absolute atomic E-state index is 0.0979. The second-order valence-electron chi connectivity index (χ2n) is 3.57. The number of carbonyl (C=O) groups excluding carboxylic acids is 1. The van der Waals surface area contributed by atoms with Crippen LogP contribution in [-0.4, -0.2) is 40.1 Å². The summed E-state index contributed by atoms with van der Waals surface area (Å²) < 4.78 is 0. The molecule has 0 atom stereocenters. The van der Waals surface area contributed by atoms with E-state index in [9.17, 15) is 9.59 Å². The van der Waals surface area contributed by atoms with Crippen LogP contribution in [0.2, 0.25) is 0 Å². The van der Waals surface area contributed by atoms with Gasteiger partial charge >= 0.3 is 12.0 Å². The van der Waals surface area contributed by atoms with E-state index in [1.54, 1.807) is 12.4 Å². The van der Waals surface area contributed by atoms with Crippen molar-refractivity contribution in [2.75, 3.05) is 13.1 Å². The van der Waals surface area contributed by atoms with Gasteiger partial charge in [0.05, 0.1) is 6.42 Å². The number of hydrogen-bond donors (Lipinski definition) is 2. The number of urea groups is 1. The molecule has 3 N–H and O–H groups in total. The third-order valence-corrected chi connectivity index (χ3v) is 2.33. The zero-order valence-corrected chi connectivity index (χ0v) is 9.37. The van der Waals surface area contributed by atoms with Crippen molar-refractivity contribution in [2.45, 2.75) is 12.8 Å². The average Bonchev–Trinajstić information content (AvgIpc) is 2.29. The molecule has 6 heteroatoms. The van der Waals surface area contributed by atoms with Crippen LogP contribution in [0.15, 0.2) is 24.5 Å². The topological polar surface area (TPSA) is 96.5 Å². The van der Waals surface area contributed by atoms with Crippen LogP contribution in [0, 0.1) is 0 Å². The molecule has 0 saturated carbocycles. The van der Waals surface area contributed by atoms with E-state index in [0.717, 1.165) is 5.56 Å². The second-order valence-corrected chi connectivity index (χ2v) is 3.57. The number of aromatic nitrogens is 1. The molecule has 1 aromatic rings. The van der Waals surface area contributed by atoms with Gasteiger partial charge in [0.15, 0.2) is 0 Å². The molecule has 0 fully saturated rings. The number of carboxylic acid groups (broad SMARTS) is 1. The fraction of sp³-hybridized carbons (Fsp3) is 0.364. The monoisotopic (exact) mass is 237 g/mol. The Morgan fingerprint density at radius 3 is 2.47 bits per heavy atom. The molecule has 92 valence electrons. The van der Waals surface area contributed by atoms with Crippen molar-refractivity contribution in [1.82, 2.24) is 9.88 Å². The Morgan fingerprint density at radius 1 is 1.29 bits per heavy atom. The second kappa shape index (κ2) is 6.47. The molecule has 0 spiro atoms. The lowest BCUT2D eigenvalue weighted by Crippen LogP contribution is -2.38. The van der Waals surface area contributed by atoms with Gasteiger partial charge in [0.2, 0.25) is 0 Å². The van der Waals surface area contributed by atoms with Gasteiger partial charge in [-0.25, -0.2) is 4.79 Å². The number of amides is 2. The standard InChI is InChI=1S/C11H15N3O3/c12-11(17)14(8-4-10(15)16)7-3-9-1-5-13-6-2-9/h1-2,5-6H,3-4,7-8H2,(H2,12,17)(H,15,16). The summed E-state index contributed by atoms with van der Waals surface area (Å²) in [7, 11) is 0. The van der Waals surface area contributed by atoms with Crippen molar-refractivity contribution in [3.05, 3.63) is 30.1 Å². The lowest BCUT2D eigenvalue weighted by Gasteiger charge is -2.19. The summed E-state index contributed by atoms with van der Waals surface area (Å²) in [5, 5.41) is 8.54. The van der Waals surface area contributed by atoms with E-state index in [1.807, 2.05) is 12.1 Å². The van der Waals surface area contributed by atoms with Crippen LogP contribution in [0.1, 0.15) is 12.0 Å². The van der Waals surface area contributed by atoms with E-state index in [0.29, 0.717) is 13.0 Å². The highest BCUT2D eigenvalue weighted by Crippen LogP contribution is 2.00. The highest BCUT2D eigenvalue weighted by atomic mass is 16.4. The van der Waals surface area contributed by atoms with Crippen LogP contribution in [-0.2, 0) is 11.2 Å². The van der Waals surface area contributed by atoms with E-state index in [4.69, 9.17) is 10.8 Å². The number of aliphatic carboxylic acids is 1. The molecule has 1 heterocycles. The number of pyridine rings is 1. The molecule has 17 heavy (non-hydrogen) atoms. The number of hydrogen-bond acceptors (Lipinski definition) is 3. The van der Waals surface area contributed by atoms with Crippen LogP contribution in [0.3, 0.4) is 0 Å². The summed E-state index contributed by atoms with van der Waals surface area (Å²) in [6.45, 7) is 0.544. The van der Waals surface area contributed by atoms with Gasteiger partial charge in [0.25, 0.3) is 0 Å². The minimum atomic E-state index is -0.944. The third kappa shape index (κ3) is 4.96. The van der Waals surface area contributed by atoms with Crippen LogP contribution in [0.5, 0.6) is 0 Å². The van der Waals surface area contributed by atoms with E-state index in [-0.39, 0.29) is 13.0 Å². The molecule has 0 radical (unpaired) electrons. The summed E-state index contributed by atoms with van der Waals surface area (Å²) >= 11 is 0. The molecule has 1 rings (SSSR count). The normalized spacial score (nSPS) is 9.88. The summed E-state index contributed by atoms with van der Waals surface area (Å²) in [5.41, 5.74) is 6.20. The highest BCUT2D eigenvalue weighted by Gasteiger charge is 2.11. The molecule has 6 nitrogen and oxygen atoms in total. The maximum Gasteiger partial charge on any atom is 0.314 e. The van der Waals surface area contributed by atoms with Gasteiger partial charge in [-0.3, -0.25) is 9.78 Å². The summed E-state index contributed by atoms with van der Waals surface area (Å²) in [6, 6.07) is 3.09. The molecule has 2 amide bonds. The predicted octanol–water partition coefficient (Wildman–Crippen LogP) is 0.479. The number of rotatable bonds is 6. The molecule has 0 aromatic carbocycles. The lowest BCUT2D eigenvalue weighted by molar-refractivity contribution is -0.137. The Balaban J connectivity index is 2.45. The molecular formula is C11H15N3O3. The number of carboxylic acids is 1. The lowest BCUT2D eigenvalue weighted by atomic mass is 10.2. The van der Waals surface area contributed by atoms with E-state index in [2.05, 4.69) is 4.98 Å². The van der Waals surface area contributed by atoms with E-state index >= 15 is 0 Å². The molecule has 0 saturated heterocycles. The van der Waals surface area contributed by atoms with Gasteiger partial charge in [-0.1, -0.05) is 0 Å². The number of nitrogens with two attached hydrogens (primary N) is 1. The van der Waals surface area contributed by atoms with Crippen molar-refractivity contribution in [1.29, 1.82) is 0 Å². The maximum absolute atomic E-state index is 11.1. The van der Waals surface area contributed by atoms with Crippen molar-refractivity contribution in [3.63, 3.8) is 0 Å². The number of nitrogens with zero attached hydrogens (tertiary/aromatic N) is 2. The first kappa shape index (κ1) is 13.0. The molecule has 0 bridgehead atoms. The minimum Gasteiger partial charge on any atom is -0.481 e. The van der Waals surface area contributed by atoms with E-state index in [1.165, 1.54) is 4.90 Å². The van der Waals surface area contributed by atoms with Crippen LogP contribution < -0.4 is 5.73 Å². The molecule has 0 aliphatic heterocycles. The SMILES string of the molecule is NC(=O)N(CCC(=O)O)CCc1ccncc1. The number of primary amides is 1. The fourth-order valence-corrected chi connectivity index (χ4v) is 1.38. The number of carbonyl (C=O) groups is 2. The Hall–Kier alpha value is -2.11. The van der Waals surface area contributed by atoms with Crippen molar-refractivity contribution in [3.8, 4) is 0 Å². The molecule has 0 aliphatic carbocycles. The van der Waals surface area contributed by atoms with Gasteiger partial charge in [-0.2, -0.15) is 0 Å². The van der Waals surface area contributed by atoms with Gasteiger partial charge in [-0.05, 0) is 24.1 Å². The summed E-state index contributed by atoms with van der Waals surface area (Å²) in [4.78, 5) is 26.7. The van der Waals surface area contributed by atoms with Crippen molar-refractivity contribution in [2.24, 2.45) is 5.73 Å². The van der Waals surface area contributed by atoms with E-state index < -0.39 is 12.0 Å². The molecule has 0 aliphatic rings. The largest absolute Gasteiger partial charge is 0.481 e. The maximum atomic E-state index is 11.1. The smallest absolute Gasteiger partial charge is 0.314 e. The summed E-state index contributed by atoms with van der Waals surface area (Å²) in [6.07, 6.45) is 3.87. The van der Waals surface area contributed by atoms with Gasteiger partial charge in [0.1, 0.15) is 0 Å². The van der Waals surface area contributed by atoms with Crippen molar-refractivity contribution < 1.29 is 14.7 Å². The van der Waals surface area contributed by atoms with Crippen LogP contribution in [0.4, 0.5) is 4.79 Å². The van der Waals surface area contributed by atoms with Gasteiger partial charge in [-0.15, -0.1) is 0 Å². The third-order valence-electron chi connectivity index (χ3n) is 2.33. The molecular weight excluding hydrogens is 222 g/mol. The van der Waals surface area contributed by atoms with Gasteiger partial charge < -0.3 is 15.7 Å². The Labute approximate surface area is 99.1 Å². The fourth-order valence-electron chi connectivity index (χ4n) is 1.38. The Kier molecular flexibility index (Phi) is 4.93. The van der Waals surface area contributed by atoms with Gasteiger partial charge in [0, 0.05) is 25.5 Å². The predicted molar refractivity (Wildman–Crippen MR) is 61.4 cm³/mol. The first-order valence-corrected chi connectivity index (χ1v) is 5.24. The molecule has 0 unspecified atom stereocenters. The first-order chi connectivity index (χ1) is 8.09.